The van der Waals surface area contributed by atoms with E-state index in [2.05, 4.69) is 46.8 Å². The molecule has 1 heterocycles. The second-order valence-electron chi connectivity index (χ2n) is 3.72. The molecule has 0 amide bonds. The Morgan fingerprint density at radius 1 is 1.41 bits per heavy atom. The van der Waals surface area contributed by atoms with E-state index in [1.165, 1.54) is 9.75 Å². The standard InChI is InChI=1S/C13H21N3S/c1-4-5-6-9-15-13(14-3)16-10-12-8-7-11(2)17-12/h4-5,7-8H,6,9-10H2,1-3H3,(H2,14,15,16). The average molecular weight is 251 g/mol. The summed E-state index contributed by atoms with van der Waals surface area (Å²) >= 11 is 1.82. The van der Waals surface area contributed by atoms with Crippen molar-refractivity contribution in [1.82, 2.24) is 10.6 Å². The molecule has 1 aromatic heterocycles. The molecule has 0 spiro atoms. The van der Waals surface area contributed by atoms with Crippen LogP contribution in [0.3, 0.4) is 0 Å². The van der Waals surface area contributed by atoms with Crippen molar-refractivity contribution in [3.05, 3.63) is 34.0 Å². The van der Waals surface area contributed by atoms with Gasteiger partial charge in [0.1, 0.15) is 0 Å². The highest BCUT2D eigenvalue weighted by Gasteiger charge is 1.99. The van der Waals surface area contributed by atoms with Crippen molar-refractivity contribution in [2.75, 3.05) is 13.6 Å². The average Bonchev–Trinajstić information content (AvgIpc) is 2.74. The van der Waals surface area contributed by atoms with Crippen molar-refractivity contribution >= 4 is 17.3 Å². The fourth-order valence-electron chi connectivity index (χ4n) is 1.41. The predicted octanol–water partition coefficient (Wildman–Crippen LogP) is 2.69. The van der Waals surface area contributed by atoms with Gasteiger partial charge < -0.3 is 10.6 Å². The Morgan fingerprint density at radius 2 is 2.24 bits per heavy atom. The molecule has 0 aliphatic heterocycles. The maximum Gasteiger partial charge on any atom is 0.191 e. The van der Waals surface area contributed by atoms with Gasteiger partial charge in [-0.1, -0.05) is 12.2 Å². The second kappa shape index (κ2) is 7.90. The summed E-state index contributed by atoms with van der Waals surface area (Å²) in [6.07, 6.45) is 5.23. The van der Waals surface area contributed by atoms with Crippen LogP contribution in [0, 0.1) is 6.92 Å². The molecule has 0 saturated heterocycles. The first kappa shape index (κ1) is 13.8. The van der Waals surface area contributed by atoms with Crippen LogP contribution in [0.2, 0.25) is 0 Å². The van der Waals surface area contributed by atoms with Crippen LogP contribution in [0.15, 0.2) is 29.3 Å². The smallest absolute Gasteiger partial charge is 0.191 e. The van der Waals surface area contributed by atoms with E-state index in [1.54, 1.807) is 7.05 Å². The van der Waals surface area contributed by atoms with Gasteiger partial charge in [-0.3, -0.25) is 4.99 Å². The monoisotopic (exact) mass is 251 g/mol. The highest BCUT2D eigenvalue weighted by molar-refractivity contribution is 7.11. The summed E-state index contributed by atoms with van der Waals surface area (Å²) in [4.78, 5) is 6.86. The summed E-state index contributed by atoms with van der Waals surface area (Å²) in [5.41, 5.74) is 0. The number of nitrogens with zero attached hydrogens (tertiary/aromatic N) is 1. The van der Waals surface area contributed by atoms with E-state index < -0.39 is 0 Å². The molecule has 17 heavy (non-hydrogen) atoms. The molecule has 4 heteroatoms. The van der Waals surface area contributed by atoms with Gasteiger partial charge >= 0.3 is 0 Å². The molecule has 2 N–H and O–H groups in total. The zero-order chi connectivity index (χ0) is 12.5. The molecule has 0 radical (unpaired) electrons. The fraction of sp³-hybridized carbons (Fsp3) is 0.462. The molecule has 0 atom stereocenters. The van der Waals surface area contributed by atoms with E-state index in [1.807, 2.05) is 18.3 Å². The fourth-order valence-corrected chi connectivity index (χ4v) is 2.24. The topological polar surface area (TPSA) is 36.4 Å². The van der Waals surface area contributed by atoms with Crippen molar-refractivity contribution in [3.8, 4) is 0 Å². The lowest BCUT2D eigenvalue weighted by Crippen LogP contribution is -2.37. The van der Waals surface area contributed by atoms with Crippen LogP contribution in [0.4, 0.5) is 0 Å². The van der Waals surface area contributed by atoms with E-state index in [4.69, 9.17) is 0 Å². The SMILES string of the molecule is CC=CCCNC(=NC)NCc1ccc(C)s1. The molecule has 0 aromatic carbocycles. The molecule has 0 saturated carbocycles. The van der Waals surface area contributed by atoms with Gasteiger partial charge in [0.25, 0.3) is 0 Å². The first-order valence-corrected chi connectivity index (χ1v) is 6.69. The largest absolute Gasteiger partial charge is 0.356 e. The van der Waals surface area contributed by atoms with Crippen molar-refractivity contribution in [1.29, 1.82) is 0 Å². The van der Waals surface area contributed by atoms with Gasteiger partial charge in [-0.25, -0.2) is 0 Å². The normalized spacial score (nSPS) is 12.1. The maximum absolute atomic E-state index is 4.18. The van der Waals surface area contributed by atoms with E-state index >= 15 is 0 Å². The number of hydrogen-bond acceptors (Lipinski definition) is 2. The maximum atomic E-state index is 4.18. The minimum absolute atomic E-state index is 0.835. The van der Waals surface area contributed by atoms with Gasteiger partial charge in [-0.2, -0.15) is 0 Å². The Hall–Kier alpha value is -1.29. The Labute approximate surface area is 108 Å². The number of allylic oxidation sites excluding steroid dienone is 1. The molecule has 1 rings (SSSR count). The highest BCUT2D eigenvalue weighted by Crippen LogP contribution is 2.14. The Bertz CT molecular complexity index is 380. The predicted molar refractivity (Wildman–Crippen MR) is 76.7 cm³/mol. The Morgan fingerprint density at radius 3 is 2.82 bits per heavy atom. The summed E-state index contributed by atoms with van der Waals surface area (Å²) in [5.74, 6) is 0.862. The molecule has 0 bridgehead atoms. The number of thiophene rings is 1. The molecule has 94 valence electrons. The van der Waals surface area contributed by atoms with Crippen molar-refractivity contribution in [3.63, 3.8) is 0 Å². The molecular weight excluding hydrogens is 230 g/mol. The van der Waals surface area contributed by atoms with Crippen molar-refractivity contribution in [2.45, 2.75) is 26.8 Å². The van der Waals surface area contributed by atoms with Gasteiger partial charge in [0.2, 0.25) is 0 Å². The Kier molecular flexibility index (Phi) is 6.40. The molecule has 0 aliphatic carbocycles. The van der Waals surface area contributed by atoms with Gasteiger partial charge in [-0.05, 0) is 32.4 Å². The van der Waals surface area contributed by atoms with Crippen LogP contribution in [0.5, 0.6) is 0 Å². The van der Waals surface area contributed by atoms with E-state index in [0.29, 0.717) is 0 Å². The lowest BCUT2D eigenvalue weighted by atomic mass is 10.4. The Balaban J connectivity index is 2.28. The van der Waals surface area contributed by atoms with E-state index in [-0.39, 0.29) is 0 Å². The lowest BCUT2D eigenvalue weighted by molar-refractivity contribution is 0.809. The van der Waals surface area contributed by atoms with Crippen LogP contribution >= 0.6 is 11.3 Å². The highest BCUT2D eigenvalue weighted by atomic mass is 32.1. The zero-order valence-electron chi connectivity index (χ0n) is 10.8. The molecule has 0 aliphatic rings. The third-order valence-electron chi connectivity index (χ3n) is 2.29. The van der Waals surface area contributed by atoms with Crippen LogP contribution < -0.4 is 10.6 Å². The van der Waals surface area contributed by atoms with Crippen LogP contribution in [-0.2, 0) is 6.54 Å². The number of hydrogen-bond donors (Lipinski definition) is 2. The second-order valence-corrected chi connectivity index (χ2v) is 5.10. The lowest BCUT2D eigenvalue weighted by Gasteiger charge is -2.09. The first-order chi connectivity index (χ1) is 8.26. The summed E-state index contributed by atoms with van der Waals surface area (Å²) in [7, 11) is 1.80. The summed E-state index contributed by atoms with van der Waals surface area (Å²) in [5, 5.41) is 6.57. The minimum atomic E-state index is 0.835. The third kappa shape index (κ3) is 5.54. The molecule has 0 fully saturated rings. The molecule has 3 nitrogen and oxygen atoms in total. The van der Waals surface area contributed by atoms with Gasteiger partial charge in [-0.15, -0.1) is 11.3 Å². The summed E-state index contributed by atoms with van der Waals surface area (Å²) in [6, 6.07) is 4.30. The third-order valence-corrected chi connectivity index (χ3v) is 3.29. The number of aryl methyl sites for hydroxylation is 1. The van der Waals surface area contributed by atoms with Gasteiger partial charge in [0, 0.05) is 23.3 Å². The van der Waals surface area contributed by atoms with Crippen LogP contribution in [0.25, 0.3) is 0 Å². The molecular formula is C13H21N3S. The minimum Gasteiger partial charge on any atom is -0.356 e. The van der Waals surface area contributed by atoms with Crippen LogP contribution in [-0.4, -0.2) is 19.6 Å². The summed E-state index contributed by atoms with van der Waals surface area (Å²) in [6.45, 7) is 5.90. The van der Waals surface area contributed by atoms with Crippen molar-refractivity contribution in [2.24, 2.45) is 4.99 Å². The molecule has 0 unspecified atom stereocenters. The number of rotatable bonds is 5. The molecule has 1 aromatic rings. The number of aliphatic imine (C=N–C) groups is 1. The van der Waals surface area contributed by atoms with Crippen molar-refractivity contribution < 1.29 is 0 Å². The van der Waals surface area contributed by atoms with Gasteiger partial charge in [0.15, 0.2) is 5.96 Å². The van der Waals surface area contributed by atoms with Crippen LogP contribution in [0.1, 0.15) is 23.1 Å². The van der Waals surface area contributed by atoms with Gasteiger partial charge in [0.05, 0.1) is 6.54 Å². The quantitative estimate of drug-likeness (QED) is 0.365. The first-order valence-electron chi connectivity index (χ1n) is 5.87. The zero-order valence-corrected chi connectivity index (χ0v) is 11.6. The van der Waals surface area contributed by atoms with E-state index in [9.17, 15) is 0 Å². The number of nitrogens with one attached hydrogen (secondary N) is 2. The summed E-state index contributed by atoms with van der Waals surface area (Å²) < 4.78 is 0. The van der Waals surface area contributed by atoms with E-state index in [0.717, 1.165) is 25.5 Å². The number of guanidine groups is 1.